The Kier molecular flexibility index (Phi) is 14.4. The molecule has 0 radical (unpaired) electrons. The number of amides is 1. The Labute approximate surface area is 248 Å². The van der Waals surface area contributed by atoms with E-state index >= 15 is 0 Å². The molecule has 0 fully saturated rings. The van der Waals surface area contributed by atoms with Gasteiger partial charge in [-0.2, -0.15) is 16.8 Å². The Hall–Kier alpha value is -2.53. The van der Waals surface area contributed by atoms with Crippen molar-refractivity contribution in [2.24, 2.45) is 0 Å². The summed E-state index contributed by atoms with van der Waals surface area (Å²) in [6, 6.07) is 22.6. The summed E-state index contributed by atoms with van der Waals surface area (Å²) in [6.07, 6.45) is 4.25. The van der Waals surface area contributed by atoms with Crippen LogP contribution in [0.3, 0.4) is 0 Å². The van der Waals surface area contributed by atoms with Gasteiger partial charge >= 0.3 is 18.9 Å². The van der Waals surface area contributed by atoms with Crippen molar-refractivity contribution in [1.82, 2.24) is 10.4 Å². The van der Waals surface area contributed by atoms with Gasteiger partial charge in [-0.15, -0.1) is 0 Å². The summed E-state index contributed by atoms with van der Waals surface area (Å²) in [4.78, 5) is 31.1. The average Bonchev–Trinajstić information content (AvgIpc) is 2.93. The predicted molar refractivity (Wildman–Crippen MR) is 152 cm³/mol. The fraction of sp³-hybridized carbons (Fsp3) is 0.355. The van der Waals surface area contributed by atoms with Crippen molar-refractivity contribution in [3.8, 4) is 11.1 Å². The molecule has 3 rings (SSSR count). The number of benzene rings is 3. The second-order valence-corrected chi connectivity index (χ2v) is 10.3. The maximum Gasteiger partial charge on any atom is 1.00 e. The Morgan fingerprint density at radius 1 is 1.00 bits per heavy atom. The van der Waals surface area contributed by atoms with E-state index in [4.69, 9.17) is 4.84 Å². The van der Waals surface area contributed by atoms with Gasteiger partial charge in [-0.1, -0.05) is 74.0 Å². The van der Waals surface area contributed by atoms with Crippen molar-refractivity contribution < 1.29 is 38.4 Å². The third kappa shape index (κ3) is 10.2. The van der Waals surface area contributed by atoms with Gasteiger partial charge < -0.3 is 15.2 Å². The van der Waals surface area contributed by atoms with Gasteiger partial charge in [0.1, 0.15) is 0 Å². The molecule has 0 saturated heterocycles. The van der Waals surface area contributed by atoms with Gasteiger partial charge in [0.2, 0.25) is 0 Å². The van der Waals surface area contributed by atoms with Crippen LogP contribution < -0.4 is 29.3 Å². The molecule has 3 aromatic carbocycles. The zero-order chi connectivity index (χ0) is 27.3. The molecule has 39 heavy (non-hydrogen) atoms. The van der Waals surface area contributed by atoms with Crippen molar-refractivity contribution in [2.45, 2.75) is 52.3 Å². The van der Waals surface area contributed by atoms with Gasteiger partial charge in [-0.05, 0) is 71.7 Å². The van der Waals surface area contributed by atoms with E-state index in [1.807, 2.05) is 85.0 Å². The van der Waals surface area contributed by atoms with Gasteiger partial charge in [0.05, 0.1) is 18.6 Å². The van der Waals surface area contributed by atoms with Crippen LogP contribution in [0.25, 0.3) is 11.1 Å². The van der Waals surface area contributed by atoms with E-state index in [1.165, 1.54) is 11.8 Å². The molecule has 6 nitrogen and oxygen atoms in total. The SMILES string of the molecule is CCCCN(Cc1ccc(C(=O)N[C@@H](CCSC)C(=O)[O-])c(-c2ccccc2C)c1)OCc1ccccc1.[Li+]. The van der Waals surface area contributed by atoms with Crippen molar-refractivity contribution in [1.29, 1.82) is 0 Å². The monoisotopic (exact) mass is 540 g/mol. The molecule has 1 N–H and O–H groups in total. The zero-order valence-electron chi connectivity index (χ0n) is 23.4. The minimum Gasteiger partial charge on any atom is -0.548 e. The van der Waals surface area contributed by atoms with E-state index in [2.05, 4.69) is 12.2 Å². The largest absolute Gasteiger partial charge is 1.00 e. The number of carboxylic acid groups (broad SMARTS) is 1. The number of hydrogen-bond acceptors (Lipinski definition) is 6. The van der Waals surface area contributed by atoms with Crippen LogP contribution in [0.15, 0.2) is 72.8 Å². The number of carbonyl (C=O) groups is 2. The van der Waals surface area contributed by atoms with Crippen molar-refractivity contribution in [3.63, 3.8) is 0 Å². The van der Waals surface area contributed by atoms with Crippen molar-refractivity contribution in [2.75, 3.05) is 18.6 Å². The second kappa shape index (κ2) is 17.2. The Morgan fingerprint density at radius 2 is 1.72 bits per heavy atom. The maximum atomic E-state index is 13.3. The molecule has 8 heteroatoms. The normalized spacial score (nSPS) is 11.6. The number of nitrogens with one attached hydrogen (secondary N) is 1. The first-order valence-corrected chi connectivity index (χ1v) is 14.4. The van der Waals surface area contributed by atoms with Gasteiger partial charge in [0.15, 0.2) is 0 Å². The number of aryl methyl sites for hydroxylation is 1. The number of hydroxylamine groups is 2. The zero-order valence-corrected chi connectivity index (χ0v) is 24.3. The molecule has 0 aromatic heterocycles. The molecule has 0 aliphatic rings. The molecular weight excluding hydrogens is 503 g/mol. The van der Waals surface area contributed by atoms with Gasteiger partial charge in [-0.3, -0.25) is 9.63 Å². The Morgan fingerprint density at radius 3 is 2.38 bits per heavy atom. The van der Waals surface area contributed by atoms with Gasteiger partial charge in [-0.25, -0.2) is 0 Å². The maximum absolute atomic E-state index is 13.3. The summed E-state index contributed by atoms with van der Waals surface area (Å²) in [5.41, 5.74) is 5.26. The fourth-order valence-corrected chi connectivity index (χ4v) is 4.65. The van der Waals surface area contributed by atoms with E-state index in [9.17, 15) is 14.7 Å². The third-order valence-corrected chi connectivity index (χ3v) is 6.98. The first kappa shape index (κ1) is 32.7. The number of hydrogen-bond donors (Lipinski definition) is 1. The van der Waals surface area contributed by atoms with Crippen LogP contribution in [0.1, 0.15) is 53.2 Å². The summed E-state index contributed by atoms with van der Waals surface area (Å²) in [5.74, 6) is -1.09. The van der Waals surface area contributed by atoms with E-state index in [1.54, 1.807) is 6.07 Å². The first-order valence-electron chi connectivity index (χ1n) is 13.0. The number of rotatable bonds is 15. The smallest absolute Gasteiger partial charge is 0.548 e. The Balaban J connectivity index is 0.00000533. The summed E-state index contributed by atoms with van der Waals surface area (Å²) in [5, 5.41) is 16.3. The molecule has 0 saturated carbocycles. The first-order chi connectivity index (χ1) is 18.4. The molecule has 0 aliphatic carbocycles. The molecule has 0 spiro atoms. The van der Waals surface area contributed by atoms with Crippen LogP contribution in [0.4, 0.5) is 0 Å². The van der Waals surface area contributed by atoms with Gasteiger partial charge in [0.25, 0.3) is 5.91 Å². The average molecular weight is 541 g/mol. The van der Waals surface area contributed by atoms with E-state index in [0.717, 1.165) is 47.2 Å². The van der Waals surface area contributed by atoms with E-state index < -0.39 is 17.9 Å². The second-order valence-electron chi connectivity index (χ2n) is 9.30. The number of aliphatic carboxylic acids is 1. The number of carboxylic acids is 1. The molecule has 0 heterocycles. The van der Waals surface area contributed by atoms with Crippen molar-refractivity contribution >= 4 is 23.6 Å². The summed E-state index contributed by atoms with van der Waals surface area (Å²) < 4.78 is 0. The van der Waals surface area contributed by atoms with Crippen LogP contribution in [0.2, 0.25) is 0 Å². The van der Waals surface area contributed by atoms with Crippen LogP contribution in [-0.4, -0.2) is 41.5 Å². The fourth-order valence-electron chi connectivity index (χ4n) is 4.17. The minimum atomic E-state index is -1.27. The third-order valence-electron chi connectivity index (χ3n) is 6.34. The number of carbonyl (C=O) groups excluding carboxylic acids is 2. The quantitative estimate of drug-likeness (QED) is 0.235. The minimum absolute atomic E-state index is 0. The molecule has 1 amide bonds. The Bertz CT molecular complexity index is 1190. The van der Waals surface area contributed by atoms with Crippen molar-refractivity contribution in [3.05, 3.63) is 95.1 Å². The van der Waals surface area contributed by atoms with Crippen LogP contribution in [-0.2, 0) is 22.8 Å². The number of unbranched alkanes of at least 4 members (excludes halogenated alkanes) is 1. The molecular formula is C31H37LiN2O4S. The molecule has 0 aliphatic heterocycles. The van der Waals surface area contributed by atoms with E-state index in [-0.39, 0.29) is 18.9 Å². The van der Waals surface area contributed by atoms with Gasteiger partial charge in [0, 0.05) is 18.7 Å². The molecule has 202 valence electrons. The topological polar surface area (TPSA) is 81.7 Å². The predicted octanol–water partition coefficient (Wildman–Crippen LogP) is 2.00. The molecule has 1 atom stereocenters. The molecule has 3 aromatic rings. The van der Waals surface area contributed by atoms with Crippen LogP contribution >= 0.6 is 11.8 Å². The summed E-state index contributed by atoms with van der Waals surface area (Å²) in [6.45, 7) is 5.98. The summed E-state index contributed by atoms with van der Waals surface area (Å²) >= 11 is 1.53. The molecule has 0 bridgehead atoms. The van der Waals surface area contributed by atoms with E-state index in [0.29, 0.717) is 30.9 Å². The van der Waals surface area contributed by atoms with Crippen LogP contribution in [0.5, 0.6) is 0 Å². The number of thioether (sulfide) groups is 1. The summed E-state index contributed by atoms with van der Waals surface area (Å²) in [7, 11) is 0. The molecule has 0 unspecified atom stereocenters. The number of nitrogens with zero attached hydrogens (tertiary/aromatic N) is 1. The standard InChI is InChI=1S/C31H38N2O4S.Li/c1-4-5-18-33(37-22-24-12-7-6-8-13-24)21-25-15-16-27(28(20-25)26-14-10-9-11-23(26)2)30(34)32-29(31(35)36)17-19-38-3;/h6-16,20,29H,4-5,17-19,21-22H2,1-3H3,(H,32,34)(H,35,36);/q;+1/p-1/t29-;/m0./s1. The van der Waals surface area contributed by atoms with Crippen LogP contribution in [0, 0.1) is 6.92 Å².